The summed E-state index contributed by atoms with van der Waals surface area (Å²) < 4.78 is 20.2. The Morgan fingerprint density at radius 2 is 1.59 bits per heavy atom. The van der Waals surface area contributed by atoms with E-state index in [2.05, 4.69) is 74.8 Å². The largest absolute Gasteiger partial charge is 0.481 e. The minimum absolute atomic E-state index is 0.0574. The second-order valence-electron chi connectivity index (χ2n) is 17.9. The Morgan fingerprint density at radius 3 is 2.11 bits per heavy atom. The quantitative estimate of drug-likeness (QED) is 0.146. The molecule has 3 aromatic heterocycles. The average molecular weight is 756 g/mol. The summed E-state index contributed by atoms with van der Waals surface area (Å²) in [7, 11) is -2.94. The fraction of sp³-hybridized carbons (Fsp3) is 0.585. The molecule has 290 valence electrons. The zero-order valence-corrected chi connectivity index (χ0v) is 34.2. The molecule has 3 aliphatic carbocycles. The molecule has 3 aromatic rings. The van der Waals surface area contributed by atoms with E-state index in [0.717, 1.165) is 29.9 Å². The van der Waals surface area contributed by atoms with Gasteiger partial charge in [0.05, 0.1) is 52.8 Å². The molecule has 54 heavy (non-hydrogen) atoms. The molecule has 1 saturated heterocycles. The van der Waals surface area contributed by atoms with Gasteiger partial charge in [-0.1, -0.05) is 46.8 Å². The van der Waals surface area contributed by atoms with Crippen molar-refractivity contribution < 1.29 is 28.4 Å². The number of amides is 1. The van der Waals surface area contributed by atoms with E-state index in [1.807, 2.05) is 42.5 Å². The highest BCUT2D eigenvalue weighted by Gasteiger charge is 2.68. The number of carbonyl (C=O) groups is 2. The number of hydrogen-bond acceptors (Lipinski definition) is 9. The fourth-order valence-corrected chi connectivity index (χ4v) is 9.83. The van der Waals surface area contributed by atoms with Gasteiger partial charge in [0.15, 0.2) is 8.32 Å². The van der Waals surface area contributed by atoms with E-state index < -0.39 is 39.1 Å². The molecule has 3 saturated carbocycles. The first-order chi connectivity index (χ1) is 25.4. The third-order valence-electron chi connectivity index (χ3n) is 12.8. The summed E-state index contributed by atoms with van der Waals surface area (Å²) in [6.07, 6.45) is 7.44. The lowest BCUT2D eigenvalue weighted by Crippen LogP contribution is -2.65. The molecular formula is C41H58BN5O6Si. The first-order valence-corrected chi connectivity index (χ1v) is 22.4. The van der Waals surface area contributed by atoms with Crippen molar-refractivity contribution in [3.8, 4) is 0 Å². The molecule has 13 heteroatoms. The fourth-order valence-electron chi connectivity index (χ4n) is 8.45. The van der Waals surface area contributed by atoms with E-state index in [1.165, 1.54) is 0 Å². The van der Waals surface area contributed by atoms with Crippen LogP contribution in [0.4, 0.5) is 0 Å². The first kappa shape index (κ1) is 40.2. The number of pyridine rings is 3. The van der Waals surface area contributed by atoms with Crippen LogP contribution >= 0.6 is 0 Å². The van der Waals surface area contributed by atoms with Crippen LogP contribution < -0.4 is 5.32 Å². The molecule has 2 unspecified atom stereocenters. The van der Waals surface area contributed by atoms with Crippen LogP contribution in [0.2, 0.25) is 18.1 Å². The maximum Gasteiger partial charge on any atom is 0.481 e. The summed E-state index contributed by atoms with van der Waals surface area (Å²) in [5.41, 5.74) is 2.85. The standard InChI is InChI=1S/C41H58BN5O6Si/c1-39(2,3)54(7,8)52-33(23-37(48)49)17-18-36(42-51-35-22-29-21-34(40(29,4)5)41(35,6)53-42)46-38(50)28-15-16-32(45-24-28)27-47(25-30-13-9-11-19-43-30)26-31-14-10-12-20-44-31/h9-16,19-20,24,29,33-36H,17-18,21-23,25-27H2,1-8H3,(H,46,50)(H,48,49)/t29-,33?,34-,35+,36?,41-/m0/s1. The minimum atomic E-state index is -2.27. The number of carboxylic acid groups (broad SMARTS) is 1. The van der Waals surface area contributed by atoms with Gasteiger partial charge in [0.1, 0.15) is 0 Å². The van der Waals surface area contributed by atoms with Crippen LogP contribution in [0.3, 0.4) is 0 Å². The molecule has 11 nitrogen and oxygen atoms in total. The van der Waals surface area contributed by atoms with Crippen molar-refractivity contribution in [2.75, 3.05) is 0 Å². The van der Waals surface area contributed by atoms with Gasteiger partial charge >= 0.3 is 13.1 Å². The second-order valence-corrected chi connectivity index (χ2v) is 22.7. The van der Waals surface area contributed by atoms with Gasteiger partial charge < -0.3 is 24.2 Å². The summed E-state index contributed by atoms with van der Waals surface area (Å²) in [4.78, 5) is 41.9. The van der Waals surface area contributed by atoms with Crippen LogP contribution in [-0.4, -0.2) is 76.0 Å². The van der Waals surface area contributed by atoms with E-state index in [4.69, 9.17) is 18.7 Å². The van der Waals surface area contributed by atoms with Crippen LogP contribution in [0.1, 0.15) is 101 Å². The number of carboxylic acids is 1. The Balaban J connectivity index is 1.18. The molecule has 2 N–H and O–H groups in total. The summed E-state index contributed by atoms with van der Waals surface area (Å²) in [6.45, 7) is 19.3. The summed E-state index contributed by atoms with van der Waals surface area (Å²) in [5, 5.41) is 13.0. The molecular weight excluding hydrogens is 697 g/mol. The number of carbonyl (C=O) groups excluding carboxylic acids is 1. The van der Waals surface area contributed by atoms with E-state index in [1.54, 1.807) is 24.7 Å². The molecule has 4 fully saturated rings. The third kappa shape index (κ3) is 8.97. The highest BCUT2D eigenvalue weighted by molar-refractivity contribution is 6.74. The number of aliphatic carboxylic acids is 1. The van der Waals surface area contributed by atoms with Crippen molar-refractivity contribution in [1.82, 2.24) is 25.2 Å². The van der Waals surface area contributed by atoms with E-state index in [0.29, 0.717) is 49.9 Å². The lowest BCUT2D eigenvalue weighted by atomic mass is 9.43. The van der Waals surface area contributed by atoms with Crippen molar-refractivity contribution in [3.63, 3.8) is 0 Å². The molecule has 0 radical (unpaired) electrons. The SMILES string of the molecule is CC1(C)[C@@H]2C[C@H]3OB(C(CCC(CC(=O)O)O[Si](C)(C)C(C)(C)C)NC(=O)c4ccc(CN(Cc5ccccn5)Cc5ccccn5)nc4)O[C@@]3(C)[C@H]1C2. The topological polar surface area (TPSA) is 136 Å². The van der Waals surface area contributed by atoms with Gasteiger partial charge in [-0.05, 0) is 104 Å². The number of rotatable bonds is 16. The number of nitrogens with zero attached hydrogens (tertiary/aromatic N) is 4. The number of hydrogen-bond donors (Lipinski definition) is 2. The Kier molecular flexibility index (Phi) is 11.9. The van der Waals surface area contributed by atoms with E-state index in [-0.39, 0.29) is 28.9 Å². The monoisotopic (exact) mass is 755 g/mol. The van der Waals surface area contributed by atoms with Gasteiger partial charge in [-0.15, -0.1) is 0 Å². The zero-order chi connectivity index (χ0) is 38.9. The van der Waals surface area contributed by atoms with Gasteiger partial charge in [-0.3, -0.25) is 29.4 Å². The average Bonchev–Trinajstić information content (AvgIpc) is 3.47. The lowest BCUT2D eigenvalue weighted by molar-refractivity contribution is -0.199. The molecule has 6 atom stereocenters. The summed E-state index contributed by atoms with van der Waals surface area (Å²) in [6, 6.07) is 15.5. The zero-order valence-electron chi connectivity index (χ0n) is 33.2. The molecule has 1 aliphatic heterocycles. The van der Waals surface area contributed by atoms with Crippen molar-refractivity contribution in [2.24, 2.45) is 17.3 Å². The first-order valence-electron chi connectivity index (χ1n) is 19.5. The van der Waals surface area contributed by atoms with Gasteiger partial charge in [0, 0.05) is 38.2 Å². The Morgan fingerprint density at radius 1 is 0.963 bits per heavy atom. The third-order valence-corrected chi connectivity index (χ3v) is 17.3. The van der Waals surface area contributed by atoms with E-state index >= 15 is 0 Å². The molecule has 2 bridgehead atoms. The molecule has 7 rings (SSSR count). The van der Waals surface area contributed by atoms with Crippen LogP contribution in [0.15, 0.2) is 67.1 Å². The highest BCUT2D eigenvalue weighted by Crippen LogP contribution is 2.65. The molecule has 0 spiro atoms. The van der Waals surface area contributed by atoms with Crippen molar-refractivity contribution in [1.29, 1.82) is 0 Å². The second kappa shape index (κ2) is 15.9. The van der Waals surface area contributed by atoms with Crippen molar-refractivity contribution >= 4 is 27.3 Å². The van der Waals surface area contributed by atoms with Crippen molar-refractivity contribution in [2.45, 2.75) is 135 Å². The van der Waals surface area contributed by atoms with Gasteiger partial charge in [0.2, 0.25) is 0 Å². The molecule has 0 aromatic carbocycles. The van der Waals surface area contributed by atoms with Crippen LogP contribution in [0, 0.1) is 17.3 Å². The Hall–Kier alpha value is -3.49. The molecule has 1 amide bonds. The summed E-state index contributed by atoms with van der Waals surface area (Å²) >= 11 is 0. The van der Waals surface area contributed by atoms with Crippen LogP contribution in [0.25, 0.3) is 0 Å². The Labute approximate surface area is 322 Å². The molecule has 4 heterocycles. The molecule has 4 aliphatic rings. The lowest BCUT2D eigenvalue weighted by Gasteiger charge is -2.64. The highest BCUT2D eigenvalue weighted by atomic mass is 28.4. The smallest absolute Gasteiger partial charge is 0.481 e. The van der Waals surface area contributed by atoms with E-state index in [9.17, 15) is 14.7 Å². The Bertz CT molecular complexity index is 1700. The number of nitrogens with one attached hydrogen (secondary N) is 1. The normalized spacial score (nSPS) is 24.4. The predicted molar refractivity (Wildman–Crippen MR) is 211 cm³/mol. The maximum absolute atomic E-state index is 14.0. The van der Waals surface area contributed by atoms with Gasteiger partial charge in [-0.25, -0.2) is 0 Å². The predicted octanol–water partition coefficient (Wildman–Crippen LogP) is 7.09. The van der Waals surface area contributed by atoms with Gasteiger partial charge in [0.25, 0.3) is 5.91 Å². The summed E-state index contributed by atoms with van der Waals surface area (Å²) in [5.74, 6) is -0.759. The minimum Gasteiger partial charge on any atom is -0.481 e. The van der Waals surface area contributed by atoms with Crippen molar-refractivity contribution in [3.05, 3.63) is 89.8 Å². The van der Waals surface area contributed by atoms with Gasteiger partial charge in [-0.2, -0.15) is 0 Å². The van der Waals surface area contributed by atoms with Crippen LogP contribution in [-0.2, 0) is 38.2 Å². The van der Waals surface area contributed by atoms with Crippen LogP contribution in [0.5, 0.6) is 0 Å². The maximum atomic E-state index is 14.0. The number of aromatic nitrogens is 3.